The third-order valence-electron chi connectivity index (χ3n) is 15.5. The van der Waals surface area contributed by atoms with Crippen LogP contribution < -0.4 is 42.4 Å². The number of hydrogen-bond acceptors (Lipinski definition) is 2. The average molecular weight is 850 g/mol. The van der Waals surface area contributed by atoms with E-state index in [1.807, 2.05) is 0 Å². The highest BCUT2D eigenvalue weighted by Gasteiger charge is 2.48. The van der Waals surface area contributed by atoms with Gasteiger partial charge in [0, 0.05) is 55.5 Å². The fraction of sp³-hybridized carbons (Fsp3) is 0.0164. The van der Waals surface area contributed by atoms with Crippen LogP contribution in [0.15, 0.2) is 206 Å². The van der Waals surface area contributed by atoms with Crippen LogP contribution in [0.3, 0.4) is 0 Å². The zero-order chi connectivity index (χ0) is 43.6. The maximum Gasteiger partial charge on any atom is 0.256 e. The van der Waals surface area contributed by atoms with E-state index >= 15 is 0 Å². The van der Waals surface area contributed by atoms with E-state index in [-0.39, 0.29) is 13.4 Å². The molecule has 0 aliphatic carbocycles. The Bertz CT molecular complexity index is 4160. The molecular formula is C61H37B2N3O. The Morgan fingerprint density at radius 1 is 0.418 bits per heavy atom. The van der Waals surface area contributed by atoms with E-state index < -0.39 is 0 Å². The number of anilines is 3. The van der Waals surface area contributed by atoms with Crippen LogP contribution in [0.2, 0.25) is 0 Å². The summed E-state index contributed by atoms with van der Waals surface area (Å²) in [5.41, 5.74) is 24.6. The smallest absolute Gasteiger partial charge is 0.256 e. The van der Waals surface area contributed by atoms with Crippen LogP contribution in [-0.2, 0) is 0 Å². The lowest BCUT2D eigenvalue weighted by Crippen LogP contribution is -2.64. The molecule has 0 saturated carbocycles. The maximum absolute atomic E-state index is 7.60. The molecule has 16 rings (SSSR count). The number of rotatable bonds is 3. The van der Waals surface area contributed by atoms with Crippen molar-refractivity contribution in [2.75, 3.05) is 4.90 Å². The van der Waals surface area contributed by atoms with Crippen LogP contribution in [0.1, 0.15) is 5.56 Å². The number of benzene rings is 10. The van der Waals surface area contributed by atoms with Crippen LogP contribution in [0.4, 0.5) is 17.1 Å². The van der Waals surface area contributed by atoms with Crippen molar-refractivity contribution in [3.8, 4) is 45.1 Å². The zero-order valence-corrected chi connectivity index (χ0v) is 36.5. The summed E-state index contributed by atoms with van der Waals surface area (Å²) in [7, 11) is 0. The Labute approximate surface area is 387 Å². The second-order valence-corrected chi connectivity index (χ2v) is 18.7. The third kappa shape index (κ3) is 4.46. The molecule has 0 radical (unpaired) electrons. The summed E-state index contributed by atoms with van der Waals surface area (Å²) in [5.74, 6) is 1.87. The van der Waals surface area contributed by atoms with E-state index in [2.05, 4.69) is 227 Å². The Hall–Kier alpha value is -8.47. The molecule has 10 aromatic carbocycles. The molecule has 0 bridgehead atoms. The second kappa shape index (κ2) is 12.9. The molecule has 308 valence electrons. The van der Waals surface area contributed by atoms with E-state index in [0.717, 1.165) is 22.7 Å². The highest BCUT2D eigenvalue weighted by Crippen LogP contribution is 2.50. The van der Waals surface area contributed by atoms with Crippen molar-refractivity contribution in [1.29, 1.82) is 0 Å². The molecule has 0 fully saturated rings. The molecule has 0 unspecified atom stereocenters. The SMILES string of the molecule is Cc1c2c(cc3c1N(c1ccccc1)c1cc(-c4ccccc4)c4c5ccccc5n5c4c1B3c1ccccc1-5)B1c3ccccc3-n3c4ccccc4c4c(-c5ccccc5)cc(c1c43)O2. The van der Waals surface area contributed by atoms with E-state index in [1.165, 1.54) is 121 Å². The standard InChI is InChI=1S/C61H37B2N3O/c1-36-58-46(35-47-61(36)67-53-34-43(38-21-7-3-8-22-38)55-41-26-12-16-30-49(41)66-51-32-18-14-28-45(51)63(47)57(53)60(55)66)62-44-27-13-17-31-50(44)65-48-29-15-11-25-40(48)54-42(37-19-5-2-6-20-37)33-52(56(62)59(54)65)64(58)39-23-9-4-10-24-39/h2-35H,1H3. The molecule has 6 heteroatoms. The topological polar surface area (TPSA) is 22.3 Å². The van der Waals surface area contributed by atoms with Gasteiger partial charge < -0.3 is 18.8 Å². The first-order valence-corrected chi connectivity index (χ1v) is 23.4. The minimum absolute atomic E-state index is 0.0403. The number of fused-ring (bicyclic) bond motifs is 16. The molecule has 0 amide bonds. The van der Waals surface area contributed by atoms with Gasteiger partial charge in [0.25, 0.3) is 13.4 Å². The molecule has 4 nitrogen and oxygen atoms in total. The molecule has 67 heavy (non-hydrogen) atoms. The maximum atomic E-state index is 7.60. The fourth-order valence-corrected chi connectivity index (χ4v) is 13.0. The van der Waals surface area contributed by atoms with E-state index in [0.29, 0.717) is 0 Å². The lowest BCUT2D eigenvalue weighted by atomic mass is 9.30. The van der Waals surface area contributed by atoms with Gasteiger partial charge >= 0.3 is 0 Å². The van der Waals surface area contributed by atoms with Crippen LogP contribution in [0, 0.1) is 6.92 Å². The van der Waals surface area contributed by atoms with Crippen molar-refractivity contribution in [1.82, 2.24) is 9.13 Å². The van der Waals surface area contributed by atoms with Gasteiger partial charge in [0.15, 0.2) is 0 Å². The normalized spacial score (nSPS) is 13.5. The predicted octanol–water partition coefficient (Wildman–Crippen LogP) is 11.1. The van der Waals surface area contributed by atoms with E-state index in [1.54, 1.807) is 0 Å². The van der Waals surface area contributed by atoms with Gasteiger partial charge in [-0.05, 0) is 110 Å². The van der Waals surface area contributed by atoms with E-state index in [9.17, 15) is 0 Å². The zero-order valence-electron chi connectivity index (χ0n) is 36.5. The predicted molar refractivity (Wildman–Crippen MR) is 281 cm³/mol. The Morgan fingerprint density at radius 3 is 1.52 bits per heavy atom. The minimum atomic E-state index is -0.0552. The van der Waals surface area contributed by atoms with Crippen LogP contribution >= 0.6 is 0 Å². The van der Waals surface area contributed by atoms with Gasteiger partial charge in [-0.1, -0.05) is 158 Å². The Kier molecular flexibility index (Phi) is 6.88. The molecule has 0 saturated heterocycles. The average Bonchev–Trinajstić information content (AvgIpc) is 3.93. The summed E-state index contributed by atoms with van der Waals surface area (Å²) in [6.45, 7) is 2.22. The van der Waals surface area contributed by atoms with Crippen molar-refractivity contribution in [3.63, 3.8) is 0 Å². The first-order valence-electron chi connectivity index (χ1n) is 23.4. The lowest BCUT2D eigenvalue weighted by molar-refractivity contribution is 0.484. The highest BCUT2D eigenvalue weighted by molar-refractivity contribution is 7.02. The molecular weight excluding hydrogens is 812 g/mol. The van der Waals surface area contributed by atoms with Gasteiger partial charge in [0.05, 0.1) is 22.1 Å². The molecule has 0 atom stereocenters. The molecule has 12 aromatic rings. The highest BCUT2D eigenvalue weighted by atomic mass is 16.5. The van der Waals surface area contributed by atoms with Crippen molar-refractivity contribution in [2.45, 2.75) is 6.92 Å². The van der Waals surface area contributed by atoms with Gasteiger partial charge in [-0.3, -0.25) is 0 Å². The van der Waals surface area contributed by atoms with Crippen LogP contribution in [0.5, 0.6) is 11.5 Å². The van der Waals surface area contributed by atoms with Crippen LogP contribution in [0.25, 0.3) is 77.2 Å². The largest absolute Gasteiger partial charge is 0.458 e. The van der Waals surface area contributed by atoms with Gasteiger partial charge in [0.1, 0.15) is 11.5 Å². The minimum Gasteiger partial charge on any atom is -0.458 e. The summed E-state index contributed by atoms with van der Waals surface area (Å²) in [6, 6.07) is 76.5. The Balaban J connectivity index is 1.06. The number of nitrogens with zero attached hydrogens (tertiary/aromatic N) is 3. The lowest BCUT2D eigenvalue weighted by Gasteiger charge is -2.43. The summed E-state index contributed by atoms with van der Waals surface area (Å²) in [6.07, 6.45) is 0. The van der Waals surface area contributed by atoms with Crippen molar-refractivity contribution < 1.29 is 4.74 Å². The molecule has 0 spiro atoms. The summed E-state index contributed by atoms with van der Waals surface area (Å²) in [5, 5.41) is 5.10. The third-order valence-corrected chi connectivity index (χ3v) is 15.5. The van der Waals surface area contributed by atoms with Gasteiger partial charge in [-0.15, -0.1) is 0 Å². The fourth-order valence-electron chi connectivity index (χ4n) is 13.0. The first-order chi connectivity index (χ1) is 33.2. The van der Waals surface area contributed by atoms with Gasteiger partial charge in [0.2, 0.25) is 0 Å². The second-order valence-electron chi connectivity index (χ2n) is 18.7. The molecule has 4 aliphatic rings. The number of aromatic nitrogens is 2. The van der Waals surface area contributed by atoms with Crippen molar-refractivity contribution in [3.05, 3.63) is 212 Å². The monoisotopic (exact) mass is 849 g/mol. The molecule has 0 N–H and O–H groups in total. The van der Waals surface area contributed by atoms with Crippen molar-refractivity contribution in [2.24, 2.45) is 0 Å². The molecule has 4 aliphatic heterocycles. The van der Waals surface area contributed by atoms with Crippen LogP contribution in [-0.4, -0.2) is 22.6 Å². The van der Waals surface area contributed by atoms with Gasteiger partial charge in [-0.25, -0.2) is 0 Å². The summed E-state index contributed by atoms with van der Waals surface area (Å²) >= 11 is 0. The number of hydrogen-bond donors (Lipinski definition) is 0. The number of ether oxygens (including phenoxy) is 1. The van der Waals surface area contributed by atoms with Gasteiger partial charge in [-0.2, -0.15) is 0 Å². The number of para-hydroxylation sites is 5. The quantitative estimate of drug-likeness (QED) is 0.165. The summed E-state index contributed by atoms with van der Waals surface area (Å²) < 4.78 is 12.7. The Morgan fingerprint density at radius 2 is 0.910 bits per heavy atom. The van der Waals surface area contributed by atoms with Crippen molar-refractivity contribution >= 4 is 107 Å². The van der Waals surface area contributed by atoms with E-state index in [4.69, 9.17) is 4.74 Å². The summed E-state index contributed by atoms with van der Waals surface area (Å²) in [4.78, 5) is 2.56. The molecule has 2 aromatic heterocycles. The molecule has 6 heterocycles. The first kappa shape index (κ1) is 35.8.